The first-order chi connectivity index (χ1) is 8.49. The van der Waals surface area contributed by atoms with E-state index in [4.69, 9.17) is 0 Å². The zero-order valence-corrected chi connectivity index (χ0v) is 9.01. The highest BCUT2D eigenvalue weighted by molar-refractivity contribution is 6.16. The summed E-state index contributed by atoms with van der Waals surface area (Å²) in [6, 6.07) is 2.63. The molecule has 0 heterocycles. The van der Waals surface area contributed by atoms with Gasteiger partial charge in [-0.3, -0.25) is 4.79 Å². The third-order valence-electron chi connectivity index (χ3n) is 3.02. The van der Waals surface area contributed by atoms with Crippen LogP contribution in [-0.2, 0) is 4.79 Å². The third kappa shape index (κ3) is 1.18. The molecule has 3 rings (SSSR count). The first-order valence-electron chi connectivity index (χ1n) is 5.16. The lowest BCUT2D eigenvalue weighted by atomic mass is 9.95. The van der Waals surface area contributed by atoms with Crippen molar-refractivity contribution in [3.63, 3.8) is 0 Å². The predicted octanol–water partition coefficient (Wildman–Crippen LogP) is 1.79. The Morgan fingerprint density at radius 2 is 1.44 bits per heavy atom. The molecule has 0 amide bonds. The van der Waals surface area contributed by atoms with E-state index in [0.29, 0.717) is 22.3 Å². The monoisotopic (exact) mass is 244 g/mol. The SMILES string of the molecule is O=C1C=C2C(=Cc3cc(O)c(O)cc32)C(O)=C1O. The maximum absolute atomic E-state index is 11.4. The second-order valence-corrected chi connectivity index (χ2v) is 4.11. The van der Waals surface area contributed by atoms with Gasteiger partial charge >= 0.3 is 0 Å². The van der Waals surface area contributed by atoms with Gasteiger partial charge in [0.1, 0.15) is 0 Å². The van der Waals surface area contributed by atoms with Gasteiger partial charge in [0, 0.05) is 5.57 Å². The van der Waals surface area contributed by atoms with Gasteiger partial charge in [0.05, 0.1) is 0 Å². The Morgan fingerprint density at radius 1 is 0.778 bits per heavy atom. The number of allylic oxidation sites excluding steroid dienone is 2. The molecule has 18 heavy (non-hydrogen) atoms. The molecule has 0 unspecified atom stereocenters. The van der Waals surface area contributed by atoms with E-state index in [2.05, 4.69) is 0 Å². The predicted molar refractivity (Wildman–Crippen MR) is 63.0 cm³/mol. The number of phenolic OH excluding ortho intramolecular Hbond substituents is 2. The van der Waals surface area contributed by atoms with Gasteiger partial charge in [-0.25, -0.2) is 0 Å². The van der Waals surface area contributed by atoms with Crippen molar-refractivity contribution in [1.82, 2.24) is 0 Å². The van der Waals surface area contributed by atoms with Gasteiger partial charge in [-0.05, 0) is 41.0 Å². The summed E-state index contributed by atoms with van der Waals surface area (Å²) < 4.78 is 0. The van der Waals surface area contributed by atoms with Gasteiger partial charge in [-0.15, -0.1) is 0 Å². The van der Waals surface area contributed by atoms with Crippen molar-refractivity contribution in [3.05, 3.63) is 46.4 Å². The lowest BCUT2D eigenvalue weighted by Gasteiger charge is -2.12. The Morgan fingerprint density at radius 3 is 2.17 bits per heavy atom. The minimum Gasteiger partial charge on any atom is -0.504 e. The molecule has 2 aliphatic rings. The van der Waals surface area contributed by atoms with E-state index in [-0.39, 0.29) is 11.5 Å². The zero-order chi connectivity index (χ0) is 13.0. The van der Waals surface area contributed by atoms with Gasteiger partial charge in [0.15, 0.2) is 17.3 Å². The van der Waals surface area contributed by atoms with E-state index in [1.165, 1.54) is 24.3 Å². The third-order valence-corrected chi connectivity index (χ3v) is 3.02. The van der Waals surface area contributed by atoms with Crippen LogP contribution in [0.25, 0.3) is 11.6 Å². The largest absolute Gasteiger partial charge is 0.504 e. The molecule has 0 saturated carbocycles. The lowest BCUT2D eigenvalue weighted by Crippen LogP contribution is -2.10. The fourth-order valence-corrected chi connectivity index (χ4v) is 2.12. The number of carbonyl (C=O) groups is 1. The first kappa shape index (κ1) is 10.5. The number of fused-ring (bicyclic) bond motifs is 3. The summed E-state index contributed by atoms with van der Waals surface area (Å²) in [6.45, 7) is 0. The molecule has 0 fully saturated rings. The zero-order valence-electron chi connectivity index (χ0n) is 9.01. The van der Waals surface area contributed by atoms with E-state index in [1.807, 2.05) is 0 Å². The fraction of sp³-hybridized carbons (Fsp3) is 0. The van der Waals surface area contributed by atoms with Crippen LogP contribution in [0.15, 0.2) is 35.3 Å². The molecular formula is C13H8O5. The van der Waals surface area contributed by atoms with E-state index >= 15 is 0 Å². The molecule has 0 atom stereocenters. The average Bonchev–Trinajstić information content (AvgIpc) is 2.66. The highest BCUT2D eigenvalue weighted by Crippen LogP contribution is 2.44. The molecule has 4 N–H and O–H groups in total. The topological polar surface area (TPSA) is 98.0 Å². The van der Waals surface area contributed by atoms with Crippen LogP contribution in [0.2, 0.25) is 0 Å². The molecule has 0 aromatic heterocycles. The van der Waals surface area contributed by atoms with Crippen LogP contribution in [0.5, 0.6) is 11.5 Å². The highest BCUT2D eigenvalue weighted by Gasteiger charge is 2.31. The van der Waals surface area contributed by atoms with Gasteiger partial charge in [-0.2, -0.15) is 0 Å². The number of rotatable bonds is 0. The van der Waals surface area contributed by atoms with Crippen molar-refractivity contribution in [3.8, 4) is 11.5 Å². The van der Waals surface area contributed by atoms with Crippen molar-refractivity contribution in [2.45, 2.75) is 0 Å². The van der Waals surface area contributed by atoms with E-state index in [0.717, 1.165) is 0 Å². The Bertz CT molecular complexity index is 692. The Kier molecular flexibility index (Phi) is 1.84. The van der Waals surface area contributed by atoms with E-state index in [1.54, 1.807) is 0 Å². The smallest absolute Gasteiger partial charge is 0.224 e. The number of carbonyl (C=O) groups excluding carboxylic acids is 1. The van der Waals surface area contributed by atoms with Gasteiger partial charge in [-0.1, -0.05) is 0 Å². The summed E-state index contributed by atoms with van der Waals surface area (Å²) in [5.41, 5.74) is 1.79. The molecule has 2 aliphatic carbocycles. The molecule has 0 spiro atoms. The van der Waals surface area contributed by atoms with Crippen molar-refractivity contribution in [2.75, 3.05) is 0 Å². The van der Waals surface area contributed by atoms with Crippen LogP contribution < -0.4 is 0 Å². The van der Waals surface area contributed by atoms with Crippen LogP contribution >= 0.6 is 0 Å². The van der Waals surface area contributed by atoms with Crippen molar-refractivity contribution < 1.29 is 25.2 Å². The van der Waals surface area contributed by atoms with Crippen LogP contribution in [0, 0.1) is 0 Å². The highest BCUT2D eigenvalue weighted by atomic mass is 16.3. The number of hydrogen-bond donors (Lipinski definition) is 4. The minimum absolute atomic E-state index is 0.288. The molecule has 5 heteroatoms. The normalized spacial score (nSPS) is 17.2. The summed E-state index contributed by atoms with van der Waals surface area (Å²) in [5, 5.41) is 37.9. The molecule has 0 aliphatic heterocycles. The number of aliphatic hydroxyl groups is 2. The maximum atomic E-state index is 11.4. The van der Waals surface area contributed by atoms with Gasteiger partial charge in [0.2, 0.25) is 11.5 Å². The second kappa shape index (κ2) is 3.16. The molecule has 1 aromatic carbocycles. The summed E-state index contributed by atoms with van der Waals surface area (Å²) >= 11 is 0. The number of phenols is 2. The molecule has 0 bridgehead atoms. The van der Waals surface area contributed by atoms with Crippen LogP contribution in [0.3, 0.4) is 0 Å². The number of aromatic hydroxyl groups is 2. The molecule has 0 saturated heterocycles. The molecular weight excluding hydrogens is 236 g/mol. The number of aliphatic hydroxyl groups excluding tert-OH is 2. The number of benzene rings is 1. The Balaban J connectivity index is 2.27. The van der Waals surface area contributed by atoms with Crippen LogP contribution in [-0.4, -0.2) is 26.2 Å². The average molecular weight is 244 g/mol. The fourth-order valence-electron chi connectivity index (χ4n) is 2.12. The first-order valence-corrected chi connectivity index (χ1v) is 5.16. The van der Waals surface area contributed by atoms with Crippen LogP contribution in [0.4, 0.5) is 0 Å². The summed E-state index contributed by atoms with van der Waals surface area (Å²) in [6.07, 6.45) is 2.71. The van der Waals surface area contributed by atoms with Crippen molar-refractivity contribution in [1.29, 1.82) is 0 Å². The van der Waals surface area contributed by atoms with E-state index in [9.17, 15) is 25.2 Å². The molecule has 1 aromatic rings. The quantitative estimate of drug-likeness (QED) is 0.521. The summed E-state index contributed by atoms with van der Waals surface area (Å²) in [4.78, 5) is 11.4. The minimum atomic E-state index is -0.703. The summed E-state index contributed by atoms with van der Waals surface area (Å²) in [5.74, 6) is -2.49. The van der Waals surface area contributed by atoms with Crippen molar-refractivity contribution >= 4 is 17.4 Å². The lowest BCUT2D eigenvalue weighted by molar-refractivity contribution is -0.113. The number of ketones is 1. The maximum Gasteiger partial charge on any atom is 0.224 e. The number of hydrogen-bond acceptors (Lipinski definition) is 5. The van der Waals surface area contributed by atoms with Crippen molar-refractivity contribution in [2.24, 2.45) is 0 Å². The molecule has 90 valence electrons. The Hall–Kier alpha value is -2.69. The van der Waals surface area contributed by atoms with E-state index < -0.39 is 17.3 Å². The van der Waals surface area contributed by atoms with Crippen LogP contribution in [0.1, 0.15) is 11.1 Å². The van der Waals surface area contributed by atoms with Gasteiger partial charge in [0.25, 0.3) is 0 Å². The standard InChI is InChI=1S/C13H8O5/c14-9-2-5-1-8-7(6(5)3-10(9)15)4-11(16)13(18)12(8)17/h1-4,14-15,17-18H. The second-order valence-electron chi connectivity index (χ2n) is 4.11. The molecule has 0 radical (unpaired) electrons. The Labute approximate surface area is 101 Å². The molecule has 5 nitrogen and oxygen atoms in total. The van der Waals surface area contributed by atoms with Gasteiger partial charge < -0.3 is 20.4 Å². The summed E-state index contributed by atoms with van der Waals surface area (Å²) in [7, 11) is 0.